The Morgan fingerprint density at radius 3 is 2.52 bits per heavy atom. The molecule has 1 saturated carbocycles. The second kappa shape index (κ2) is 8.27. The number of nitrogens with zero attached hydrogens (tertiary/aromatic N) is 3. The van der Waals surface area contributed by atoms with Gasteiger partial charge in [0.25, 0.3) is 5.56 Å². The van der Waals surface area contributed by atoms with Crippen molar-refractivity contribution in [3.63, 3.8) is 0 Å². The number of imidazole rings is 1. The molecule has 0 unspecified atom stereocenters. The first-order chi connectivity index (χ1) is 14.1. The second-order valence-electron chi connectivity index (χ2n) is 7.96. The van der Waals surface area contributed by atoms with E-state index in [-0.39, 0.29) is 17.0 Å². The number of H-pyrrole nitrogens is 1. The molecule has 1 fully saturated rings. The van der Waals surface area contributed by atoms with Crippen molar-refractivity contribution in [3.8, 4) is 5.75 Å². The maximum atomic E-state index is 13.1. The summed E-state index contributed by atoms with van der Waals surface area (Å²) in [4.78, 5) is 33.9. The topological polar surface area (TPSA) is 92.9 Å². The molecule has 2 aromatic heterocycles. The first-order valence-corrected chi connectivity index (χ1v) is 10.6. The van der Waals surface area contributed by atoms with Crippen LogP contribution in [0.25, 0.3) is 11.2 Å². The van der Waals surface area contributed by atoms with E-state index in [9.17, 15) is 14.7 Å². The van der Waals surface area contributed by atoms with Crippen molar-refractivity contribution >= 4 is 11.2 Å². The van der Waals surface area contributed by atoms with Crippen LogP contribution in [0, 0.1) is 0 Å². The highest BCUT2D eigenvalue weighted by Gasteiger charge is 2.23. The number of aryl methyl sites for hydroxylation is 2. The van der Waals surface area contributed by atoms with E-state index >= 15 is 0 Å². The van der Waals surface area contributed by atoms with E-state index in [1.165, 1.54) is 17.4 Å². The minimum atomic E-state index is -0.278. The summed E-state index contributed by atoms with van der Waals surface area (Å²) in [5, 5.41) is 9.42. The Hall–Kier alpha value is -2.83. The van der Waals surface area contributed by atoms with Crippen molar-refractivity contribution in [2.45, 2.75) is 70.9 Å². The lowest BCUT2D eigenvalue weighted by Gasteiger charge is -2.10. The molecule has 2 N–H and O–H groups in total. The molecule has 1 aromatic carbocycles. The van der Waals surface area contributed by atoms with Crippen molar-refractivity contribution in [3.05, 3.63) is 56.5 Å². The van der Waals surface area contributed by atoms with E-state index in [0.29, 0.717) is 30.2 Å². The third-order valence-corrected chi connectivity index (χ3v) is 5.85. The van der Waals surface area contributed by atoms with Gasteiger partial charge in [-0.1, -0.05) is 31.9 Å². The van der Waals surface area contributed by atoms with Crippen molar-refractivity contribution in [1.82, 2.24) is 19.1 Å². The number of fused-ring (bicyclic) bond motifs is 1. The molecule has 29 heavy (non-hydrogen) atoms. The first kappa shape index (κ1) is 19.5. The molecule has 7 heteroatoms. The molecule has 0 radical (unpaired) electrons. The van der Waals surface area contributed by atoms with Gasteiger partial charge in [0.2, 0.25) is 0 Å². The molecule has 7 nitrogen and oxygen atoms in total. The zero-order chi connectivity index (χ0) is 20.4. The van der Waals surface area contributed by atoms with Gasteiger partial charge in [0.15, 0.2) is 5.65 Å². The van der Waals surface area contributed by atoms with E-state index in [4.69, 9.17) is 4.98 Å². The van der Waals surface area contributed by atoms with E-state index < -0.39 is 0 Å². The number of aromatic hydroxyl groups is 1. The highest BCUT2D eigenvalue weighted by molar-refractivity contribution is 5.70. The van der Waals surface area contributed by atoms with Crippen LogP contribution in [0.4, 0.5) is 0 Å². The summed E-state index contributed by atoms with van der Waals surface area (Å²) in [6.07, 6.45) is 6.76. The molecule has 0 bridgehead atoms. The van der Waals surface area contributed by atoms with Gasteiger partial charge in [0, 0.05) is 19.0 Å². The Bertz CT molecular complexity index is 1100. The fourth-order valence-corrected chi connectivity index (χ4v) is 4.30. The molecule has 1 aliphatic carbocycles. The third-order valence-electron chi connectivity index (χ3n) is 5.85. The number of rotatable bonds is 7. The second-order valence-corrected chi connectivity index (χ2v) is 7.96. The van der Waals surface area contributed by atoms with Crippen LogP contribution in [0.1, 0.15) is 62.8 Å². The molecule has 0 spiro atoms. The van der Waals surface area contributed by atoms with Crippen molar-refractivity contribution in [2.75, 3.05) is 0 Å². The maximum Gasteiger partial charge on any atom is 0.332 e. The van der Waals surface area contributed by atoms with Gasteiger partial charge in [0.05, 0.1) is 0 Å². The Kier molecular flexibility index (Phi) is 5.56. The highest BCUT2D eigenvalue weighted by atomic mass is 16.3. The van der Waals surface area contributed by atoms with Gasteiger partial charge in [-0.2, -0.15) is 0 Å². The van der Waals surface area contributed by atoms with Crippen molar-refractivity contribution in [2.24, 2.45) is 0 Å². The Morgan fingerprint density at radius 1 is 1.10 bits per heavy atom. The Morgan fingerprint density at radius 2 is 1.83 bits per heavy atom. The van der Waals surface area contributed by atoms with Gasteiger partial charge in [-0.15, -0.1) is 0 Å². The standard InChI is InChI=1S/C22H28N4O3/c1-2-13-26-21(28)18-20(24-19(23-18)16-7-3-4-8-16)25(22(26)29)14-5-6-15-9-11-17(27)12-10-15/h9-12,16,27H,2-8,13-14H2,1H3,(H,23,24). The Balaban J connectivity index is 1.68. The molecule has 1 aliphatic rings. The number of hydrogen-bond acceptors (Lipinski definition) is 4. The quantitative estimate of drug-likeness (QED) is 0.641. The van der Waals surface area contributed by atoms with Crippen molar-refractivity contribution < 1.29 is 5.11 Å². The number of aromatic nitrogens is 4. The summed E-state index contributed by atoms with van der Waals surface area (Å²) in [6.45, 7) is 2.86. The molecular weight excluding hydrogens is 368 g/mol. The maximum absolute atomic E-state index is 13.1. The van der Waals surface area contributed by atoms with Crippen LogP contribution >= 0.6 is 0 Å². The summed E-state index contributed by atoms with van der Waals surface area (Å²) in [6, 6.07) is 7.11. The van der Waals surface area contributed by atoms with Crippen LogP contribution in [0.5, 0.6) is 5.75 Å². The SMILES string of the molecule is CCCn1c(=O)c2[nH]c(C3CCCC3)nc2n(CCCc2ccc(O)cc2)c1=O. The lowest BCUT2D eigenvalue weighted by atomic mass is 10.1. The highest BCUT2D eigenvalue weighted by Crippen LogP contribution is 2.32. The number of phenols is 1. The largest absolute Gasteiger partial charge is 0.508 e. The molecule has 3 aromatic rings. The minimum Gasteiger partial charge on any atom is -0.508 e. The average molecular weight is 396 g/mol. The summed E-state index contributed by atoms with van der Waals surface area (Å²) in [7, 11) is 0. The molecule has 2 heterocycles. The molecule has 0 atom stereocenters. The zero-order valence-electron chi connectivity index (χ0n) is 16.9. The lowest BCUT2D eigenvalue weighted by Crippen LogP contribution is -2.40. The Labute approximate surface area is 169 Å². The minimum absolute atomic E-state index is 0.245. The number of hydrogen-bond donors (Lipinski definition) is 2. The van der Waals surface area contributed by atoms with Crippen LogP contribution in [0.3, 0.4) is 0 Å². The summed E-state index contributed by atoms with van der Waals surface area (Å²) in [5.74, 6) is 1.44. The zero-order valence-corrected chi connectivity index (χ0v) is 16.9. The van der Waals surface area contributed by atoms with E-state index in [1.807, 2.05) is 19.1 Å². The number of aromatic amines is 1. The van der Waals surface area contributed by atoms with Gasteiger partial charge >= 0.3 is 5.69 Å². The van der Waals surface area contributed by atoms with Crippen LogP contribution in [-0.4, -0.2) is 24.2 Å². The predicted octanol–water partition coefficient (Wildman–Crippen LogP) is 3.29. The van der Waals surface area contributed by atoms with Gasteiger partial charge < -0.3 is 10.1 Å². The normalized spacial score (nSPS) is 14.8. The lowest BCUT2D eigenvalue weighted by molar-refractivity contribution is 0.475. The van der Waals surface area contributed by atoms with Crippen molar-refractivity contribution in [1.29, 1.82) is 0 Å². The molecular formula is C22H28N4O3. The fourth-order valence-electron chi connectivity index (χ4n) is 4.30. The number of nitrogens with one attached hydrogen (secondary N) is 1. The van der Waals surface area contributed by atoms with Gasteiger partial charge in [-0.3, -0.25) is 13.9 Å². The number of benzene rings is 1. The van der Waals surface area contributed by atoms with Crippen LogP contribution in [-0.2, 0) is 19.5 Å². The summed E-state index contributed by atoms with van der Waals surface area (Å²) in [5.41, 5.74) is 1.49. The van der Waals surface area contributed by atoms with Gasteiger partial charge in [0.1, 0.15) is 17.1 Å². The average Bonchev–Trinajstić information content (AvgIpc) is 3.39. The molecule has 0 saturated heterocycles. The van der Waals surface area contributed by atoms with Crippen LogP contribution in [0.15, 0.2) is 33.9 Å². The molecule has 0 amide bonds. The molecule has 154 valence electrons. The first-order valence-electron chi connectivity index (χ1n) is 10.6. The van der Waals surface area contributed by atoms with Gasteiger partial charge in [-0.05, 0) is 49.8 Å². The summed E-state index contributed by atoms with van der Waals surface area (Å²) < 4.78 is 2.99. The van der Waals surface area contributed by atoms with E-state index in [1.54, 1.807) is 16.7 Å². The monoisotopic (exact) mass is 396 g/mol. The number of phenolic OH excluding ortho intramolecular Hbond substituents is 1. The summed E-state index contributed by atoms with van der Waals surface area (Å²) >= 11 is 0. The molecule has 0 aliphatic heterocycles. The smallest absolute Gasteiger partial charge is 0.332 e. The third kappa shape index (κ3) is 3.86. The van der Waals surface area contributed by atoms with Crippen LogP contribution in [0.2, 0.25) is 0 Å². The fraction of sp³-hybridized carbons (Fsp3) is 0.500. The van der Waals surface area contributed by atoms with Gasteiger partial charge in [-0.25, -0.2) is 9.78 Å². The van der Waals surface area contributed by atoms with E-state index in [0.717, 1.165) is 43.5 Å². The van der Waals surface area contributed by atoms with E-state index in [2.05, 4.69) is 4.98 Å². The predicted molar refractivity (Wildman–Crippen MR) is 113 cm³/mol. The molecule has 4 rings (SSSR count). The van der Waals surface area contributed by atoms with Crippen LogP contribution < -0.4 is 11.2 Å².